The molecule has 0 spiro atoms. The van der Waals surface area contributed by atoms with Crippen molar-refractivity contribution < 1.29 is 13.9 Å². The number of methoxy groups -OCH3 is 1. The second-order valence-corrected chi connectivity index (χ2v) is 7.78. The van der Waals surface area contributed by atoms with Crippen molar-refractivity contribution in [1.29, 1.82) is 0 Å². The summed E-state index contributed by atoms with van der Waals surface area (Å²) in [4.78, 5) is 21.5. The molecule has 6 nitrogen and oxygen atoms in total. The number of hydrogen-bond donors (Lipinski definition) is 0. The first-order chi connectivity index (χ1) is 14.6. The number of ether oxygens (including phenoxy) is 1. The Hall–Kier alpha value is -2.80. The van der Waals surface area contributed by atoms with Crippen LogP contribution >= 0.6 is 0 Å². The normalized spacial score (nSPS) is 17.9. The molecule has 160 valence electrons. The number of anilines is 2. The highest BCUT2D eigenvalue weighted by atomic mass is 19.1. The van der Waals surface area contributed by atoms with Crippen molar-refractivity contribution in [2.45, 2.75) is 0 Å². The van der Waals surface area contributed by atoms with Gasteiger partial charge in [-0.15, -0.1) is 0 Å². The van der Waals surface area contributed by atoms with Crippen LogP contribution in [0.4, 0.5) is 15.8 Å². The maximum Gasteiger partial charge on any atom is 0.236 e. The van der Waals surface area contributed by atoms with Gasteiger partial charge in [-0.05, 0) is 36.4 Å². The Morgan fingerprint density at radius 3 is 2.17 bits per heavy atom. The van der Waals surface area contributed by atoms with Gasteiger partial charge in [0, 0.05) is 58.0 Å². The molecule has 2 fully saturated rings. The summed E-state index contributed by atoms with van der Waals surface area (Å²) in [5, 5.41) is 0. The van der Waals surface area contributed by atoms with E-state index in [0.29, 0.717) is 6.54 Å². The Balaban J connectivity index is 1.24. The summed E-state index contributed by atoms with van der Waals surface area (Å²) in [5.74, 6) is 0.856. The molecule has 2 saturated heterocycles. The third-order valence-electron chi connectivity index (χ3n) is 5.98. The van der Waals surface area contributed by atoms with Gasteiger partial charge in [0.05, 0.1) is 19.3 Å². The average molecular weight is 413 g/mol. The summed E-state index contributed by atoms with van der Waals surface area (Å²) in [6, 6.07) is 14.6. The predicted molar refractivity (Wildman–Crippen MR) is 117 cm³/mol. The van der Waals surface area contributed by atoms with Gasteiger partial charge in [0.25, 0.3) is 0 Å². The molecule has 7 heteroatoms. The van der Waals surface area contributed by atoms with Crippen LogP contribution in [0.25, 0.3) is 0 Å². The summed E-state index contributed by atoms with van der Waals surface area (Å²) in [5.41, 5.74) is 2.12. The topological polar surface area (TPSA) is 39.3 Å². The van der Waals surface area contributed by atoms with E-state index in [1.165, 1.54) is 12.1 Å². The molecule has 0 N–H and O–H groups in total. The molecular formula is C23H29FN4O2. The standard InChI is InChI=1S/C23H29FN4O2/c1-30-22-5-3-2-4-21(22)27-14-16-28(17-15-27)23(29)18-25-10-12-26(13-11-25)20-8-6-19(24)7-9-20/h2-9H,10-18H2,1H3. The van der Waals surface area contributed by atoms with Crippen LogP contribution in [-0.4, -0.2) is 81.7 Å². The van der Waals surface area contributed by atoms with Crippen LogP contribution in [0.15, 0.2) is 48.5 Å². The monoisotopic (exact) mass is 412 g/mol. The van der Waals surface area contributed by atoms with Crippen molar-refractivity contribution in [2.75, 3.05) is 75.8 Å². The van der Waals surface area contributed by atoms with E-state index in [-0.39, 0.29) is 11.7 Å². The minimum atomic E-state index is -0.214. The quantitative estimate of drug-likeness (QED) is 0.754. The molecule has 0 aliphatic carbocycles. The van der Waals surface area contributed by atoms with E-state index in [4.69, 9.17) is 4.74 Å². The second-order valence-electron chi connectivity index (χ2n) is 7.78. The van der Waals surface area contributed by atoms with Crippen LogP contribution in [0.2, 0.25) is 0 Å². The largest absolute Gasteiger partial charge is 0.495 e. The molecule has 2 aromatic carbocycles. The maximum atomic E-state index is 13.1. The van der Waals surface area contributed by atoms with Crippen molar-refractivity contribution >= 4 is 17.3 Å². The molecule has 2 aliphatic rings. The number of nitrogens with zero attached hydrogens (tertiary/aromatic N) is 4. The minimum Gasteiger partial charge on any atom is -0.495 e. The fourth-order valence-electron chi connectivity index (χ4n) is 4.20. The lowest BCUT2D eigenvalue weighted by atomic mass is 10.2. The SMILES string of the molecule is COc1ccccc1N1CCN(C(=O)CN2CCN(c3ccc(F)cc3)CC2)CC1. The molecule has 0 saturated carbocycles. The summed E-state index contributed by atoms with van der Waals surface area (Å²) >= 11 is 0. The molecule has 0 radical (unpaired) electrons. The van der Waals surface area contributed by atoms with E-state index < -0.39 is 0 Å². The third-order valence-corrected chi connectivity index (χ3v) is 5.98. The molecule has 30 heavy (non-hydrogen) atoms. The van der Waals surface area contributed by atoms with Crippen molar-refractivity contribution in [2.24, 2.45) is 0 Å². The summed E-state index contributed by atoms with van der Waals surface area (Å²) < 4.78 is 18.6. The van der Waals surface area contributed by atoms with Crippen LogP contribution in [0.1, 0.15) is 0 Å². The van der Waals surface area contributed by atoms with E-state index in [1.807, 2.05) is 35.2 Å². The lowest BCUT2D eigenvalue weighted by Gasteiger charge is -2.39. The smallest absolute Gasteiger partial charge is 0.236 e. The summed E-state index contributed by atoms with van der Waals surface area (Å²) in [7, 11) is 1.69. The molecule has 0 atom stereocenters. The number of benzene rings is 2. The predicted octanol–water partition coefficient (Wildman–Crippen LogP) is 2.31. The van der Waals surface area contributed by atoms with Gasteiger partial charge in [-0.3, -0.25) is 9.69 Å². The Labute approximate surface area is 177 Å². The molecule has 2 aliphatic heterocycles. The molecule has 2 heterocycles. The van der Waals surface area contributed by atoms with Crippen LogP contribution < -0.4 is 14.5 Å². The van der Waals surface area contributed by atoms with Gasteiger partial charge in [-0.25, -0.2) is 4.39 Å². The van der Waals surface area contributed by atoms with Crippen LogP contribution in [-0.2, 0) is 4.79 Å². The van der Waals surface area contributed by atoms with Gasteiger partial charge in [0.15, 0.2) is 0 Å². The lowest BCUT2D eigenvalue weighted by Crippen LogP contribution is -2.54. The zero-order valence-electron chi connectivity index (χ0n) is 17.5. The van der Waals surface area contributed by atoms with E-state index in [0.717, 1.165) is 69.5 Å². The Bertz CT molecular complexity index is 845. The van der Waals surface area contributed by atoms with Gasteiger partial charge in [0.2, 0.25) is 5.91 Å². The van der Waals surface area contributed by atoms with E-state index in [2.05, 4.69) is 20.8 Å². The average Bonchev–Trinajstić information content (AvgIpc) is 2.80. The number of para-hydroxylation sites is 2. The van der Waals surface area contributed by atoms with Gasteiger partial charge >= 0.3 is 0 Å². The van der Waals surface area contributed by atoms with E-state index in [9.17, 15) is 9.18 Å². The van der Waals surface area contributed by atoms with Crippen molar-refractivity contribution in [3.63, 3.8) is 0 Å². The highest BCUT2D eigenvalue weighted by Crippen LogP contribution is 2.28. The Morgan fingerprint density at radius 2 is 1.50 bits per heavy atom. The van der Waals surface area contributed by atoms with E-state index >= 15 is 0 Å². The van der Waals surface area contributed by atoms with Crippen LogP contribution in [0.5, 0.6) is 5.75 Å². The van der Waals surface area contributed by atoms with Gasteiger partial charge in [-0.2, -0.15) is 0 Å². The first-order valence-electron chi connectivity index (χ1n) is 10.5. The third kappa shape index (κ3) is 4.67. The highest BCUT2D eigenvalue weighted by molar-refractivity contribution is 5.78. The van der Waals surface area contributed by atoms with Crippen LogP contribution in [0.3, 0.4) is 0 Å². The molecule has 1 amide bonds. The number of carbonyl (C=O) groups is 1. The van der Waals surface area contributed by atoms with Crippen molar-refractivity contribution in [3.8, 4) is 5.75 Å². The van der Waals surface area contributed by atoms with Gasteiger partial charge in [0.1, 0.15) is 11.6 Å². The Morgan fingerprint density at radius 1 is 0.867 bits per heavy atom. The second kappa shape index (κ2) is 9.34. The minimum absolute atomic E-state index is 0.199. The molecule has 0 unspecified atom stereocenters. The summed E-state index contributed by atoms with van der Waals surface area (Å²) in [6.07, 6.45) is 0. The summed E-state index contributed by atoms with van der Waals surface area (Å²) in [6.45, 7) is 6.91. The number of carbonyl (C=O) groups excluding carboxylic acids is 1. The van der Waals surface area contributed by atoms with Gasteiger partial charge < -0.3 is 19.4 Å². The highest BCUT2D eigenvalue weighted by Gasteiger charge is 2.25. The number of rotatable bonds is 5. The molecular weight excluding hydrogens is 383 g/mol. The molecule has 0 bridgehead atoms. The number of piperazine rings is 2. The molecule has 2 aromatic rings. The number of amides is 1. The zero-order valence-corrected chi connectivity index (χ0v) is 17.5. The van der Waals surface area contributed by atoms with Gasteiger partial charge in [-0.1, -0.05) is 12.1 Å². The van der Waals surface area contributed by atoms with Crippen molar-refractivity contribution in [3.05, 3.63) is 54.3 Å². The van der Waals surface area contributed by atoms with Crippen molar-refractivity contribution in [1.82, 2.24) is 9.80 Å². The lowest BCUT2D eigenvalue weighted by molar-refractivity contribution is -0.132. The Kier molecular flexibility index (Phi) is 6.38. The number of halogens is 1. The van der Waals surface area contributed by atoms with Crippen LogP contribution in [0, 0.1) is 5.82 Å². The first kappa shape index (κ1) is 20.5. The van der Waals surface area contributed by atoms with E-state index in [1.54, 1.807) is 7.11 Å². The fraction of sp³-hybridized carbons (Fsp3) is 0.435. The first-order valence-corrected chi connectivity index (χ1v) is 10.5. The number of hydrogen-bond acceptors (Lipinski definition) is 5. The zero-order chi connectivity index (χ0) is 20.9. The fourth-order valence-corrected chi connectivity index (χ4v) is 4.20. The molecule has 4 rings (SSSR count). The maximum absolute atomic E-state index is 13.1. The molecule has 0 aromatic heterocycles.